The lowest BCUT2D eigenvalue weighted by Crippen LogP contribution is -2.50. The smallest absolute Gasteiger partial charge is 0.305 e. The standard InChI is InChI=1S/C33H42N2O6/c36-24-33(18-8-9-19-33)35-30(37)21-27-12-6-1-2-7-13-31(38)41-23-28(34-32(27)39)20-25-14-16-29(17-15-25)40-22-26-10-4-3-5-11-26/h1,3-6,10-11,14-17,27-28,36H,2,7-9,12-13,18-24H2,(H,34,39)(H,35,37)/t27-,28+/m1/s1. The molecule has 220 valence electrons. The number of amides is 2. The molecule has 0 bridgehead atoms. The van der Waals surface area contributed by atoms with Gasteiger partial charge < -0.3 is 25.2 Å². The molecule has 2 atom stereocenters. The molecule has 0 unspecified atom stereocenters. The zero-order valence-electron chi connectivity index (χ0n) is 23.7. The fraction of sp³-hybridized carbons (Fsp3) is 0.485. The fourth-order valence-electron chi connectivity index (χ4n) is 5.45. The van der Waals surface area contributed by atoms with Crippen molar-refractivity contribution >= 4 is 17.8 Å². The molecule has 2 aromatic carbocycles. The molecule has 0 radical (unpaired) electrons. The molecule has 0 saturated heterocycles. The van der Waals surface area contributed by atoms with Crippen LogP contribution in [0.1, 0.15) is 68.9 Å². The van der Waals surface area contributed by atoms with Gasteiger partial charge in [0, 0.05) is 12.8 Å². The van der Waals surface area contributed by atoms with Gasteiger partial charge in [0.2, 0.25) is 11.8 Å². The maximum atomic E-state index is 13.5. The number of ether oxygens (including phenoxy) is 2. The second-order valence-electron chi connectivity index (χ2n) is 11.2. The third kappa shape index (κ3) is 9.74. The highest BCUT2D eigenvalue weighted by molar-refractivity contribution is 5.86. The van der Waals surface area contributed by atoms with Gasteiger partial charge in [-0.25, -0.2) is 0 Å². The summed E-state index contributed by atoms with van der Waals surface area (Å²) in [5.41, 5.74) is 1.46. The van der Waals surface area contributed by atoms with Crippen molar-refractivity contribution < 1.29 is 29.0 Å². The van der Waals surface area contributed by atoms with E-state index in [1.165, 1.54) is 0 Å². The fourth-order valence-corrected chi connectivity index (χ4v) is 5.45. The van der Waals surface area contributed by atoms with E-state index < -0.39 is 17.5 Å². The van der Waals surface area contributed by atoms with E-state index in [9.17, 15) is 19.5 Å². The summed E-state index contributed by atoms with van der Waals surface area (Å²) in [5, 5.41) is 16.0. The Labute approximate surface area is 242 Å². The molecular formula is C33H42N2O6. The monoisotopic (exact) mass is 562 g/mol. The van der Waals surface area contributed by atoms with Gasteiger partial charge in [0.15, 0.2) is 0 Å². The van der Waals surface area contributed by atoms with E-state index in [1.807, 2.05) is 66.7 Å². The Bertz CT molecular complexity index is 1160. The van der Waals surface area contributed by atoms with Crippen molar-refractivity contribution in [2.75, 3.05) is 13.2 Å². The van der Waals surface area contributed by atoms with Gasteiger partial charge in [-0.2, -0.15) is 0 Å². The maximum Gasteiger partial charge on any atom is 0.305 e. The third-order valence-corrected chi connectivity index (χ3v) is 7.86. The predicted octanol–water partition coefficient (Wildman–Crippen LogP) is 4.39. The van der Waals surface area contributed by atoms with Crippen LogP contribution in [0.5, 0.6) is 5.75 Å². The highest BCUT2D eigenvalue weighted by Gasteiger charge is 2.35. The molecule has 8 heteroatoms. The van der Waals surface area contributed by atoms with Gasteiger partial charge in [0.25, 0.3) is 0 Å². The summed E-state index contributed by atoms with van der Waals surface area (Å²) < 4.78 is 11.4. The van der Waals surface area contributed by atoms with Crippen LogP contribution in [-0.2, 0) is 32.1 Å². The van der Waals surface area contributed by atoms with Gasteiger partial charge in [0.1, 0.15) is 19.0 Å². The number of cyclic esters (lactones) is 1. The van der Waals surface area contributed by atoms with Crippen LogP contribution in [0.25, 0.3) is 0 Å². The molecule has 1 aliphatic carbocycles. The topological polar surface area (TPSA) is 114 Å². The number of benzene rings is 2. The number of aliphatic hydroxyl groups is 1. The second-order valence-corrected chi connectivity index (χ2v) is 11.2. The van der Waals surface area contributed by atoms with Crippen LogP contribution in [0.4, 0.5) is 0 Å². The predicted molar refractivity (Wildman–Crippen MR) is 156 cm³/mol. The Kier molecular flexibility index (Phi) is 11.4. The Morgan fingerprint density at radius 1 is 1.00 bits per heavy atom. The van der Waals surface area contributed by atoms with E-state index in [1.54, 1.807) is 0 Å². The van der Waals surface area contributed by atoms with E-state index in [0.29, 0.717) is 38.7 Å². The first-order valence-electron chi connectivity index (χ1n) is 14.7. The lowest BCUT2D eigenvalue weighted by molar-refractivity contribution is -0.145. The minimum atomic E-state index is -0.583. The SMILES string of the molecule is O=C(C[C@H]1CC=CCCCC(=O)OC[C@H](Cc2ccc(OCc3ccccc3)cc2)NC1=O)NC1(CO)CCCC1. The molecule has 3 N–H and O–H groups in total. The van der Waals surface area contributed by atoms with Crippen molar-refractivity contribution in [3.05, 3.63) is 77.9 Å². The molecule has 0 aromatic heterocycles. The van der Waals surface area contributed by atoms with Gasteiger partial charge in [-0.05, 0) is 61.8 Å². The normalized spacial score (nSPS) is 21.5. The van der Waals surface area contributed by atoms with Crippen LogP contribution in [-0.4, -0.2) is 47.7 Å². The summed E-state index contributed by atoms with van der Waals surface area (Å²) in [6.07, 6.45) is 9.87. The average molecular weight is 563 g/mol. The Morgan fingerprint density at radius 2 is 1.76 bits per heavy atom. The van der Waals surface area contributed by atoms with Gasteiger partial charge >= 0.3 is 5.97 Å². The zero-order valence-corrected chi connectivity index (χ0v) is 23.7. The number of nitrogens with one attached hydrogen (secondary N) is 2. The summed E-state index contributed by atoms with van der Waals surface area (Å²) in [6.45, 7) is 0.424. The van der Waals surface area contributed by atoms with Gasteiger partial charge in [-0.1, -0.05) is 67.5 Å². The van der Waals surface area contributed by atoms with Gasteiger partial charge in [-0.15, -0.1) is 0 Å². The number of hydrogen-bond acceptors (Lipinski definition) is 6. The zero-order chi connectivity index (χ0) is 28.9. The van der Waals surface area contributed by atoms with Crippen LogP contribution < -0.4 is 15.4 Å². The number of carbonyl (C=O) groups is 3. The van der Waals surface area contributed by atoms with Crippen molar-refractivity contribution in [2.45, 2.75) is 82.4 Å². The Morgan fingerprint density at radius 3 is 2.49 bits per heavy atom. The second kappa shape index (κ2) is 15.4. The summed E-state index contributed by atoms with van der Waals surface area (Å²) >= 11 is 0. The van der Waals surface area contributed by atoms with Crippen molar-refractivity contribution in [3.8, 4) is 5.75 Å². The number of allylic oxidation sites excluding steroid dienone is 2. The van der Waals surface area contributed by atoms with Crippen LogP contribution in [0, 0.1) is 5.92 Å². The molecule has 41 heavy (non-hydrogen) atoms. The molecule has 2 amide bonds. The summed E-state index contributed by atoms with van der Waals surface area (Å²) in [5.74, 6) is -0.603. The molecule has 1 saturated carbocycles. The number of carbonyl (C=O) groups excluding carboxylic acids is 3. The minimum Gasteiger partial charge on any atom is -0.489 e. The largest absolute Gasteiger partial charge is 0.489 e. The highest BCUT2D eigenvalue weighted by Crippen LogP contribution is 2.29. The first kappa shape index (κ1) is 30.3. The van der Waals surface area contributed by atoms with E-state index in [0.717, 1.165) is 42.6 Å². The third-order valence-electron chi connectivity index (χ3n) is 7.86. The summed E-state index contributed by atoms with van der Waals surface area (Å²) in [4.78, 5) is 38.7. The van der Waals surface area contributed by atoms with Crippen molar-refractivity contribution in [1.82, 2.24) is 10.6 Å². The molecular weight excluding hydrogens is 520 g/mol. The van der Waals surface area contributed by atoms with E-state index in [2.05, 4.69) is 10.6 Å². The molecule has 0 spiro atoms. The molecule has 4 rings (SSSR count). The van der Waals surface area contributed by atoms with E-state index in [4.69, 9.17) is 9.47 Å². The average Bonchev–Trinajstić information content (AvgIpc) is 3.45. The number of aliphatic hydroxyl groups excluding tert-OH is 1. The summed E-state index contributed by atoms with van der Waals surface area (Å²) in [7, 11) is 0. The first-order valence-corrected chi connectivity index (χ1v) is 14.7. The molecule has 1 aliphatic heterocycles. The first-order chi connectivity index (χ1) is 19.9. The molecule has 2 aliphatic rings. The lowest BCUT2D eigenvalue weighted by Gasteiger charge is -2.29. The van der Waals surface area contributed by atoms with E-state index >= 15 is 0 Å². The highest BCUT2D eigenvalue weighted by atomic mass is 16.5. The lowest BCUT2D eigenvalue weighted by atomic mass is 9.95. The van der Waals surface area contributed by atoms with Crippen molar-refractivity contribution in [1.29, 1.82) is 0 Å². The van der Waals surface area contributed by atoms with Crippen LogP contribution in [0.15, 0.2) is 66.7 Å². The van der Waals surface area contributed by atoms with Crippen LogP contribution >= 0.6 is 0 Å². The number of esters is 1. The number of rotatable bonds is 9. The van der Waals surface area contributed by atoms with Gasteiger partial charge in [-0.3, -0.25) is 14.4 Å². The van der Waals surface area contributed by atoms with Crippen LogP contribution in [0.3, 0.4) is 0 Å². The van der Waals surface area contributed by atoms with Crippen molar-refractivity contribution in [3.63, 3.8) is 0 Å². The summed E-state index contributed by atoms with van der Waals surface area (Å²) in [6, 6.07) is 17.2. The molecule has 1 heterocycles. The number of hydrogen-bond donors (Lipinski definition) is 3. The minimum absolute atomic E-state index is 0.0257. The molecule has 2 aromatic rings. The van der Waals surface area contributed by atoms with E-state index in [-0.39, 0.29) is 37.4 Å². The quantitative estimate of drug-likeness (QED) is 0.309. The Balaban J connectivity index is 1.40. The van der Waals surface area contributed by atoms with Gasteiger partial charge in [0.05, 0.1) is 24.1 Å². The van der Waals surface area contributed by atoms with Crippen LogP contribution in [0.2, 0.25) is 0 Å². The Hall–Kier alpha value is -3.65. The maximum absolute atomic E-state index is 13.5. The molecule has 8 nitrogen and oxygen atoms in total. The van der Waals surface area contributed by atoms with Crippen molar-refractivity contribution in [2.24, 2.45) is 5.92 Å². The molecule has 1 fully saturated rings.